The van der Waals surface area contributed by atoms with E-state index in [1.807, 2.05) is 31.2 Å². The Labute approximate surface area is 95.0 Å². The van der Waals surface area contributed by atoms with Crippen molar-refractivity contribution >= 4 is 5.97 Å². The highest BCUT2D eigenvalue weighted by atomic mass is 16.5. The summed E-state index contributed by atoms with van der Waals surface area (Å²) in [6.45, 7) is 2.43. The van der Waals surface area contributed by atoms with Crippen molar-refractivity contribution in [3.05, 3.63) is 29.8 Å². The van der Waals surface area contributed by atoms with Crippen LogP contribution in [0.3, 0.4) is 0 Å². The van der Waals surface area contributed by atoms with Gasteiger partial charge in [0.05, 0.1) is 12.5 Å². The summed E-state index contributed by atoms with van der Waals surface area (Å²) < 4.78 is 5.61. The van der Waals surface area contributed by atoms with Crippen molar-refractivity contribution in [1.82, 2.24) is 0 Å². The summed E-state index contributed by atoms with van der Waals surface area (Å²) in [5.41, 5.74) is 1.12. The number of carboxylic acids is 1. The third-order valence-electron chi connectivity index (χ3n) is 3.23. The minimum absolute atomic E-state index is 0.0948. The molecule has 0 bridgehead atoms. The third-order valence-corrected chi connectivity index (χ3v) is 3.23. The van der Waals surface area contributed by atoms with Gasteiger partial charge in [0, 0.05) is 5.92 Å². The van der Waals surface area contributed by atoms with E-state index in [1.54, 1.807) is 0 Å². The second kappa shape index (κ2) is 4.56. The predicted octanol–water partition coefficient (Wildman–Crippen LogP) is 2.35. The van der Waals surface area contributed by atoms with Gasteiger partial charge in [-0.3, -0.25) is 4.79 Å². The van der Waals surface area contributed by atoms with Gasteiger partial charge >= 0.3 is 5.97 Å². The van der Waals surface area contributed by atoms with Gasteiger partial charge in [0.25, 0.3) is 0 Å². The lowest BCUT2D eigenvalue weighted by Gasteiger charge is -2.28. The molecule has 0 saturated heterocycles. The lowest BCUT2D eigenvalue weighted by atomic mass is 9.84. The largest absolute Gasteiger partial charge is 0.493 e. The normalized spacial score (nSPS) is 20.7. The van der Waals surface area contributed by atoms with Crippen LogP contribution in [-0.4, -0.2) is 17.7 Å². The first-order valence-corrected chi connectivity index (χ1v) is 5.66. The maximum absolute atomic E-state index is 11.1. The van der Waals surface area contributed by atoms with Crippen LogP contribution in [0.4, 0.5) is 0 Å². The number of para-hydroxylation sites is 1. The van der Waals surface area contributed by atoms with Crippen molar-refractivity contribution in [1.29, 1.82) is 0 Å². The lowest BCUT2D eigenvalue weighted by Crippen LogP contribution is -2.32. The van der Waals surface area contributed by atoms with E-state index in [-0.39, 0.29) is 11.8 Å². The molecule has 0 spiro atoms. The standard InChI is InChI=1S/C13H16O3/c1-2-11(13(14)15)10-7-9-5-3-4-6-12(9)16-8-10/h3-6,10-11H,2,7-8H2,1H3,(H,14,15). The minimum Gasteiger partial charge on any atom is -0.493 e. The van der Waals surface area contributed by atoms with Crippen molar-refractivity contribution in [3.63, 3.8) is 0 Å². The maximum atomic E-state index is 11.1. The predicted molar refractivity (Wildman–Crippen MR) is 60.5 cm³/mol. The van der Waals surface area contributed by atoms with Crippen molar-refractivity contribution in [2.24, 2.45) is 11.8 Å². The van der Waals surface area contributed by atoms with Gasteiger partial charge < -0.3 is 9.84 Å². The molecule has 1 aromatic rings. The Balaban J connectivity index is 2.15. The highest BCUT2D eigenvalue weighted by Gasteiger charge is 2.30. The number of carboxylic acid groups (broad SMARTS) is 1. The Kier molecular flexibility index (Phi) is 3.13. The van der Waals surface area contributed by atoms with Crippen molar-refractivity contribution in [3.8, 4) is 5.75 Å². The summed E-state index contributed by atoms with van der Waals surface area (Å²) in [7, 11) is 0. The number of benzene rings is 1. The molecule has 1 N–H and O–H groups in total. The van der Waals surface area contributed by atoms with E-state index in [9.17, 15) is 4.79 Å². The Hall–Kier alpha value is -1.51. The average Bonchev–Trinajstić information content (AvgIpc) is 2.29. The van der Waals surface area contributed by atoms with Gasteiger partial charge in [-0.25, -0.2) is 0 Å². The van der Waals surface area contributed by atoms with E-state index in [2.05, 4.69) is 0 Å². The average molecular weight is 220 g/mol. The highest BCUT2D eigenvalue weighted by Crippen LogP contribution is 2.31. The summed E-state index contributed by atoms with van der Waals surface area (Å²) in [5, 5.41) is 9.12. The first-order chi connectivity index (χ1) is 7.72. The van der Waals surface area contributed by atoms with E-state index in [0.29, 0.717) is 13.0 Å². The smallest absolute Gasteiger partial charge is 0.306 e. The molecule has 0 fully saturated rings. The van der Waals surface area contributed by atoms with Gasteiger partial charge in [0.2, 0.25) is 0 Å². The van der Waals surface area contributed by atoms with Crippen molar-refractivity contribution in [2.45, 2.75) is 19.8 Å². The number of fused-ring (bicyclic) bond motifs is 1. The molecule has 3 nitrogen and oxygen atoms in total. The molecule has 0 radical (unpaired) electrons. The summed E-state index contributed by atoms with van der Waals surface area (Å²) >= 11 is 0. The third kappa shape index (κ3) is 2.03. The van der Waals surface area contributed by atoms with Crippen LogP contribution in [0.15, 0.2) is 24.3 Å². The summed E-state index contributed by atoms with van der Waals surface area (Å²) in [6.07, 6.45) is 1.46. The summed E-state index contributed by atoms with van der Waals surface area (Å²) in [5.74, 6) is -0.0137. The fourth-order valence-corrected chi connectivity index (χ4v) is 2.32. The van der Waals surface area contributed by atoms with Gasteiger partial charge in [0.1, 0.15) is 5.75 Å². The fourth-order valence-electron chi connectivity index (χ4n) is 2.32. The zero-order valence-corrected chi connectivity index (χ0v) is 9.35. The van der Waals surface area contributed by atoms with Gasteiger partial charge in [-0.2, -0.15) is 0 Å². The molecule has 1 aliphatic heterocycles. The van der Waals surface area contributed by atoms with Crippen LogP contribution in [0.5, 0.6) is 5.75 Å². The second-order valence-electron chi connectivity index (χ2n) is 4.24. The van der Waals surface area contributed by atoms with E-state index in [4.69, 9.17) is 9.84 Å². The zero-order chi connectivity index (χ0) is 11.5. The molecule has 1 heterocycles. The van der Waals surface area contributed by atoms with Gasteiger partial charge in [-0.1, -0.05) is 25.1 Å². The Bertz CT molecular complexity index is 387. The molecule has 3 heteroatoms. The van der Waals surface area contributed by atoms with Crippen LogP contribution in [0.2, 0.25) is 0 Å². The molecule has 2 atom stereocenters. The monoisotopic (exact) mass is 220 g/mol. The highest BCUT2D eigenvalue weighted by molar-refractivity contribution is 5.70. The second-order valence-corrected chi connectivity index (χ2v) is 4.24. The van der Waals surface area contributed by atoms with Crippen LogP contribution < -0.4 is 4.74 Å². The van der Waals surface area contributed by atoms with Crippen LogP contribution in [0.25, 0.3) is 0 Å². The Morgan fingerprint density at radius 2 is 2.31 bits per heavy atom. The van der Waals surface area contributed by atoms with Crippen LogP contribution >= 0.6 is 0 Å². The molecule has 0 amide bonds. The van der Waals surface area contributed by atoms with Crippen LogP contribution in [0, 0.1) is 11.8 Å². The Morgan fingerprint density at radius 3 is 3.00 bits per heavy atom. The SMILES string of the molecule is CCC(C(=O)O)C1COc2ccccc2C1. The molecule has 2 rings (SSSR count). The van der Waals surface area contributed by atoms with Crippen molar-refractivity contribution in [2.75, 3.05) is 6.61 Å². The molecule has 2 unspecified atom stereocenters. The summed E-state index contributed by atoms with van der Waals surface area (Å²) in [4.78, 5) is 11.1. The number of rotatable bonds is 3. The van der Waals surface area contributed by atoms with Crippen LogP contribution in [-0.2, 0) is 11.2 Å². The molecular weight excluding hydrogens is 204 g/mol. The van der Waals surface area contributed by atoms with E-state index < -0.39 is 5.97 Å². The fraction of sp³-hybridized carbons (Fsp3) is 0.462. The van der Waals surface area contributed by atoms with Gasteiger partial charge in [-0.15, -0.1) is 0 Å². The number of hydrogen-bond acceptors (Lipinski definition) is 2. The molecule has 0 aromatic heterocycles. The summed E-state index contributed by atoms with van der Waals surface area (Å²) in [6, 6.07) is 7.85. The van der Waals surface area contributed by atoms with E-state index in [0.717, 1.165) is 17.7 Å². The molecule has 1 aromatic carbocycles. The molecule has 0 saturated carbocycles. The molecule has 16 heavy (non-hydrogen) atoms. The maximum Gasteiger partial charge on any atom is 0.306 e. The first-order valence-electron chi connectivity index (χ1n) is 5.66. The van der Waals surface area contributed by atoms with Gasteiger partial charge in [0.15, 0.2) is 0 Å². The topological polar surface area (TPSA) is 46.5 Å². The molecular formula is C13H16O3. The Morgan fingerprint density at radius 1 is 1.56 bits per heavy atom. The quantitative estimate of drug-likeness (QED) is 0.850. The molecule has 1 aliphatic rings. The molecule has 86 valence electrons. The van der Waals surface area contributed by atoms with E-state index >= 15 is 0 Å². The number of hydrogen-bond donors (Lipinski definition) is 1. The van der Waals surface area contributed by atoms with Crippen LogP contribution in [0.1, 0.15) is 18.9 Å². The van der Waals surface area contributed by atoms with Gasteiger partial charge in [-0.05, 0) is 24.5 Å². The van der Waals surface area contributed by atoms with E-state index in [1.165, 1.54) is 0 Å². The minimum atomic E-state index is -0.713. The first kappa shape index (κ1) is 11.0. The lowest BCUT2D eigenvalue weighted by molar-refractivity contribution is -0.144. The number of aliphatic carboxylic acids is 1. The zero-order valence-electron chi connectivity index (χ0n) is 9.35. The van der Waals surface area contributed by atoms with Crippen molar-refractivity contribution < 1.29 is 14.6 Å². The number of carbonyl (C=O) groups is 1. The number of ether oxygens (including phenoxy) is 1. The molecule has 0 aliphatic carbocycles.